The molecule has 1 aromatic carbocycles. The number of rotatable bonds is 2. The number of aryl methyl sites for hydroxylation is 1. The number of hydrogen-bond acceptors (Lipinski definition) is 3. The van der Waals surface area contributed by atoms with Crippen molar-refractivity contribution in [3.8, 4) is 0 Å². The number of nitrogens with zero attached hydrogens (tertiary/aromatic N) is 3. The molecule has 4 nitrogen and oxygen atoms in total. The van der Waals surface area contributed by atoms with Gasteiger partial charge in [-0.3, -0.25) is 4.79 Å². The Morgan fingerprint density at radius 2 is 1.60 bits per heavy atom. The first-order valence-electron chi connectivity index (χ1n) is 9.73. The second-order valence-corrected chi connectivity index (χ2v) is 9.29. The molecule has 3 saturated heterocycles. The highest BCUT2D eigenvalue weighted by Gasteiger charge is 2.66. The van der Waals surface area contributed by atoms with E-state index in [2.05, 4.69) is 53.1 Å². The maximum atomic E-state index is 13.1. The molecule has 3 fully saturated rings. The summed E-state index contributed by atoms with van der Waals surface area (Å²) in [4.78, 5) is 20.3. The minimum Gasteiger partial charge on any atom is -0.341 e. The van der Waals surface area contributed by atoms with E-state index in [1.165, 1.54) is 11.1 Å². The molecular formula is C21H29N3O. The molecule has 1 aromatic rings. The molecule has 3 aliphatic heterocycles. The summed E-state index contributed by atoms with van der Waals surface area (Å²) in [6, 6.07) is 8.70. The predicted octanol–water partition coefficient (Wildman–Crippen LogP) is 1.81. The summed E-state index contributed by atoms with van der Waals surface area (Å²) in [5.41, 5.74) is 3.49. The van der Waals surface area contributed by atoms with Gasteiger partial charge in [-0.2, -0.15) is 0 Å². The zero-order valence-corrected chi connectivity index (χ0v) is 15.5. The maximum Gasteiger partial charge on any atom is 0.223 e. The van der Waals surface area contributed by atoms with Crippen LogP contribution in [0.5, 0.6) is 0 Å². The molecule has 1 atom stereocenters. The highest BCUT2D eigenvalue weighted by atomic mass is 16.2. The lowest BCUT2D eigenvalue weighted by Gasteiger charge is -2.28. The molecule has 0 N–H and O–H groups in total. The van der Waals surface area contributed by atoms with E-state index in [4.69, 9.17) is 0 Å². The van der Waals surface area contributed by atoms with Crippen LogP contribution < -0.4 is 0 Å². The minimum absolute atomic E-state index is 0.305. The van der Waals surface area contributed by atoms with Gasteiger partial charge in [0, 0.05) is 56.5 Å². The summed E-state index contributed by atoms with van der Waals surface area (Å²) in [5.74, 6) is 0.825. The molecule has 1 amide bonds. The van der Waals surface area contributed by atoms with Crippen LogP contribution in [-0.2, 0) is 11.2 Å². The third kappa shape index (κ3) is 2.23. The second kappa shape index (κ2) is 5.31. The quantitative estimate of drug-likeness (QED) is 0.822. The van der Waals surface area contributed by atoms with Crippen LogP contribution in [0, 0.1) is 10.8 Å². The normalized spacial score (nSPS) is 37.4. The van der Waals surface area contributed by atoms with Crippen LogP contribution in [0.2, 0.25) is 0 Å². The molecular weight excluding hydrogens is 310 g/mol. The van der Waals surface area contributed by atoms with Gasteiger partial charge in [0.2, 0.25) is 5.91 Å². The van der Waals surface area contributed by atoms with Gasteiger partial charge in [0.05, 0.1) is 0 Å². The number of carbonyl (C=O) groups is 1. The first-order chi connectivity index (χ1) is 12.0. The first-order valence-corrected chi connectivity index (χ1v) is 9.73. The smallest absolute Gasteiger partial charge is 0.223 e. The van der Waals surface area contributed by atoms with Gasteiger partial charge in [0.25, 0.3) is 0 Å². The number of likely N-dealkylation sites (tertiary alicyclic amines) is 3. The molecule has 0 bridgehead atoms. The van der Waals surface area contributed by atoms with Crippen molar-refractivity contribution >= 4 is 5.91 Å². The highest BCUT2D eigenvalue weighted by molar-refractivity contribution is 5.78. The first kappa shape index (κ1) is 15.8. The number of fused-ring (bicyclic) bond motifs is 1. The van der Waals surface area contributed by atoms with Crippen molar-refractivity contribution < 1.29 is 4.79 Å². The molecule has 4 aliphatic rings. The molecule has 4 heteroatoms. The predicted molar refractivity (Wildman–Crippen MR) is 98.6 cm³/mol. The summed E-state index contributed by atoms with van der Waals surface area (Å²) in [7, 11) is 4.49. The Labute approximate surface area is 150 Å². The fourth-order valence-corrected chi connectivity index (χ4v) is 6.64. The third-order valence-electron chi connectivity index (χ3n) is 7.43. The van der Waals surface area contributed by atoms with Crippen molar-refractivity contribution in [1.29, 1.82) is 0 Å². The largest absolute Gasteiger partial charge is 0.341 e. The van der Waals surface area contributed by atoms with Crippen molar-refractivity contribution in [2.75, 3.05) is 53.4 Å². The fraction of sp³-hybridized carbons (Fsp3) is 0.667. The Kier molecular flexibility index (Phi) is 3.36. The van der Waals surface area contributed by atoms with Gasteiger partial charge in [-0.1, -0.05) is 24.3 Å². The van der Waals surface area contributed by atoms with Crippen LogP contribution in [0.1, 0.15) is 29.9 Å². The average Bonchev–Trinajstić information content (AvgIpc) is 3.19. The number of hydrogen-bond donors (Lipinski definition) is 0. The maximum absolute atomic E-state index is 13.1. The van der Waals surface area contributed by atoms with Gasteiger partial charge in [-0.05, 0) is 44.0 Å². The highest BCUT2D eigenvalue weighted by Crippen LogP contribution is 2.56. The summed E-state index contributed by atoms with van der Waals surface area (Å²) in [6.07, 6.45) is 2.98. The lowest BCUT2D eigenvalue weighted by Crippen LogP contribution is -2.40. The van der Waals surface area contributed by atoms with E-state index >= 15 is 0 Å². The molecule has 0 unspecified atom stereocenters. The Hall–Kier alpha value is -1.39. The minimum atomic E-state index is 0.305. The zero-order valence-electron chi connectivity index (χ0n) is 15.5. The SMILES string of the molecule is CN1CC23CN(C)CC2(C1)CN(C(=O)C[C@H]1CCc2ccccc21)C3. The molecule has 0 spiro atoms. The molecule has 5 rings (SSSR count). The fourth-order valence-electron chi connectivity index (χ4n) is 6.64. The van der Waals surface area contributed by atoms with Crippen molar-refractivity contribution in [2.45, 2.75) is 25.2 Å². The van der Waals surface area contributed by atoms with Crippen LogP contribution in [-0.4, -0.2) is 74.0 Å². The van der Waals surface area contributed by atoms with E-state index in [0.717, 1.165) is 52.1 Å². The Morgan fingerprint density at radius 1 is 1.00 bits per heavy atom. The lowest BCUT2D eigenvalue weighted by molar-refractivity contribution is -0.131. The number of amides is 1. The standard InChI is InChI=1S/C21H29N3O/c1-22-10-20-12-23(2)13-21(20,11-22)15-24(14-20)19(25)9-17-8-7-16-5-3-4-6-18(16)17/h3-6,17H,7-15H2,1-2H3/t17-,20?,21?/m1/s1. The van der Waals surface area contributed by atoms with Crippen LogP contribution in [0.15, 0.2) is 24.3 Å². The van der Waals surface area contributed by atoms with Crippen LogP contribution in [0.4, 0.5) is 0 Å². The second-order valence-electron chi connectivity index (χ2n) is 9.29. The Bertz CT molecular complexity index is 677. The Balaban J connectivity index is 1.33. The zero-order chi connectivity index (χ0) is 17.2. The summed E-state index contributed by atoms with van der Waals surface area (Å²) < 4.78 is 0. The van der Waals surface area contributed by atoms with E-state index in [1.54, 1.807) is 0 Å². The number of carbonyl (C=O) groups excluding carboxylic acids is 1. The molecule has 134 valence electrons. The third-order valence-corrected chi connectivity index (χ3v) is 7.43. The molecule has 0 aromatic heterocycles. The molecule has 3 heterocycles. The van der Waals surface area contributed by atoms with Crippen LogP contribution in [0.25, 0.3) is 0 Å². The van der Waals surface area contributed by atoms with E-state index in [-0.39, 0.29) is 0 Å². The number of benzene rings is 1. The summed E-state index contributed by atoms with van der Waals surface area (Å²) >= 11 is 0. The van der Waals surface area contributed by atoms with Crippen LogP contribution in [0.3, 0.4) is 0 Å². The van der Waals surface area contributed by atoms with Gasteiger partial charge >= 0.3 is 0 Å². The Morgan fingerprint density at radius 3 is 2.24 bits per heavy atom. The van der Waals surface area contributed by atoms with Crippen molar-refractivity contribution in [3.05, 3.63) is 35.4 Å². The van der Waals surface area contributed by atoms with E-state index in [1.807, 2.05) is 0 Å². The van der Waals surface area contributed by atoms with E-state index < -0.39 is 0 Å². The van der Waals surface area contributed by atoms with Crippen molar-refractivity contribution in [2.24, 2.45) is 10.8 Å². The monoisotopic (exact) mass is 339 g/mol. The van der Waals surface area contributed by atoms with Gasteiger partial charge < -0.3 is 14.7 Å². The summed E-state index contributed by atoms with van der Waals surface area (Å²) in [5, 5.41) is 0. The van der Waals surface area contributed by atoms with Gasteiger partial charge in [-0.25, -0.2) is 0 Å². The topological polar surface area (TPSA) is 26.8 Å². The molecule has 1 aliphatic carbocycles. The summed E-state index contributed by atoms with van der Waals surface area (Å²) in [6.45, 7) is 6.52. The van der Waals surface area contributed by atoms with E-state index in [0.29, 0.717) is 29.1 Å². The molecule has 0 radical (unpaired) electrons. The average molecular weight is 339 g/mol. The van der Waals surface area contributed by atoms with Crippen molar-refractivity contribution in [1.82, 2.24) is 14.7 Å². The van der Waals surface area contributed by atoms with Gasteiger partial charge in [0.1, 0.15) is 0 Å². The lowest BCUT2D eigenvalue weighted by atomic mass is 9.71. The van der Waals surface area contributed by atoms with Crippen molar-refractivity contribution in [3.63, 3.8) is 0 Å². The van der Waals surface area contributed by atoms with Gasteiger partial charge in [0.15, 0.2) is 0 Å². The van der Waals surface area contributed by atoms with Gasteiger partial charge in [-0.15, -0.1) is 0 Å². The van der Waals surface area contributed by atoms with Crippen LogP contribution >= 0.6 is 0 Å². The molecule has 25 heavy (non-hydrogen) atoms. The molecule has 0 saturated carbocycles. The van der Waals surface area contributed by atoms with E-state index in [9.17, 15) is 4.79 Å².